The Morgan fingerprint density at radius 3 is 1.33 bits per heavy atom. The normalized spacial score (nSPS) is 19.5. The van der Waals surface area contributed by atoms with Gasteiger partial charge in [-0.15, -0.1) is 0 Å². The number of aliphatic hydroxyl groups is 10. The molecule has 0 spiro atoms. The summed E-state index contributed by atoms with van der Waals surface area (Å²) >= 11 is 0. The zero-order chi connectivity index (χ0) is 57.8. The van der Waals surface area contributed by atoms with E-state index >= 15 is 0 Å². The average molecular weight is 1160 g/mol. The van der Waals surface area contributed by atoms with E-state index in [1.807, 2.05) is 0 Å². The summed E-state index contributed by atoms with van der Waals surface area (Å²) in [5, 5.41) is 102. The first kappa shape index (κ1) is 64.4. The van der Waals surface area contributed by atoms with Crippen LogP contribution >= 0.6 is 0 Å². The van der Waals surface area contributed by atoms with E-state index < -0.39 is 145 Å². The van der Waals surface area contributed by atoms with Gasteiger partial charge in [-0.2, -0.15) is 0 Å². The molecule has 1 aliphatic heterocycles. The van der Waals surface area contributed by atoms with E-state index in [1.165, 1.54) is 30.3 Å². The van der Waals surface area contributed by atoms with Gasteiger partial charge in [0, 0.05) is 40.2 Å². The average Bonchev–Trinajstić information content (AvgIpc) is 3.46. The van der Waals surface area contributed by atoms with E-state index in [2.05, 4.69) is 20.7 Å². The molecular weight excluding hydrogens is 1100 g/mol. The lowest BCUT2D eigenvalue weighted by atomic mass is 9.82. The van der Waals surface area contributed by atoms with Crippen LogP contribution in [0.3, 0.4) is 0 Å². The highest BCUT2D eigenvalue weighted by Crippen LogP contribution is 2.43. The van der Waals surface area contributed by atoms with Crippen molar-refractivity contribution in [3.05, 3.63) is 166 Å². The summed E-state index contributed by atoms with van der Waals surface area (Å²) in [5.74, 6) is -2.48. The third-order valence-electron chi connectivity index (χ3n) is 12.7. The van der Waals surface area contributed by atoms with Crippen LogP contribution in [0.5, 0.6) is 0 Å². The van der Waals surface area contributed by atoms with Crippen molar-refractivity contribution in [2.75, 3.05) is 41.4 Å². The Kier molecular flexibility index (Phi) is 21.0. The zero-order valence-corrected chi connectivity index (χ0v) is 42.4. The van der Waals surface area contributed by atoms with Gasteiger partial charge in [-0.05, 0) is 36.4 Å². The van der Waals surface area contributed by atoms with E-state index in [0.717, 1.165) is 12.1 Å². The molecule has 0 bridgehead atoms. The number of carbonyl (C=O) groups is 4. The van der Waals surface area contributed by atoms with Crippen molar-refractivity contribution < 1.29 is 101 Å². The lowest BCUT2D eigenvalue weighted by Gasteiger charge is -2.37. The largest absolute Gasteiger partial charge is 0.744 e. The molecule has 25 nitrogen and oxygen atoms in total. The number of hydrogen-bond donors (Lipinski definition) is 14. The Balaban J connectivity index is 0.000000249. The molecule has 0 amide bonds. The molecule has 434 valence electrons. The first-order valence-electron chi connectivity index (χ1n) is 23.5. The van der Waals surface area contributed by atoms with Gasteiger partial charge in [0.25, 0.3) is 0 Å². The highest BCUT2D eigenvalue weighted by atomic mass is 32.2. The van der Waals surface area contributed by atoms with Crippen molar-refractivity contribution in [2.45, 2.75) is 79.8 Å². The van der Waals surface area contributed by atoms with Crippen LogP contribution in [0.25, 0.3) is 0 Å². The maximum absolute atomic E-state index is 13.6. The van der Waals surface area contributed by atoms with Gasteiger partial charge in [0.05, 0.1) is 74.1 Å². The molecule has 1 heterocycles. The molecule has 9 unspecified atom stereocenters. The van der Waals surface area contributed by atoms with E-state index in [1.54, 1.807) is 78.9 Å². The quantitative estimate of drug-likeness (QED) is 0.0526. The molecule has 3 aliphatic rings. The Morgan fingerprint density at radius 1 is 0.531 bits per heavy atom. The van der Waals surface area contributed by atoms with Crippen molar-refractivity contribution in [2.24, 2.45) is 0 Å². The summed E-state index contributed by atoms with van der Waals surface area (Å²) in [6, 6.07) is 30.9. The van der Waals surface area contributed by atoms with Gasteiger partial charge in [-0.1, -0.05) is 99.8 Å². The molecule has 27 heteroatoms. The number of benzene rings is 6. The number of para-hydroxylation sites is 2. The molecule has 1 fully saturated rings. The van der Waals surface area contributed by atoms with Gasteiger partial charge >= 0.3 is 0 Å². The third kappa shape index (κ3) is 13.5. The van der Waals surface area contributed by atoms with E-state index in [4.69, 9.17) is 36.4 Å². The molecule has 15 N–H and O–H groups in total. The highest BCUT2D eigenvalue weighted by Gasteiger charge is 2.43. The minimum Gasteiger partial charge on any atom is -0.744 e. The predicted octanol–water partition coefficient (Wildman–Crippen LogP) is 0.700. The number of aliphatic hydroxyl groups excluding tert-OH is 10. The number of nitrogens with one attached hydrogen (secondary N) is 3. The number of hydrogen-bond acceptors (Lipinski definition) is 25. The van der Waals surface area contributed by atoms with Crippen molar-refractivity contribution in [1.82, 2.24) is 0 Å². The number of rotatable bonds is 14. The zero-order valence-electron chi connectivity index (χ0n) is 40.7. The first-order valence-corrected chi connectivity index (χ1v) is 26.3. The van der Waals surface area contributed by atoms with Crippen LogP contribution in [0.2, 0.25) is 0 Å². The topological polar surface area (TPSA) is 456 Å². The van der Waals surface area contributed by atoms with Gasteiger partial charge in [0.2, 0.25) is 0 Å². The van der Waals surface area contributed by atoms with Gasteiger partial charge in [-0.25, -0.2) is 16.8 Å². The second-order valence-corrected chi connectivity index (χ2v) is 20.5. The molecule has 1 saturated heterocycles. The highest BCUT2D eigenvalue weighted by molar-refractivity contribution is 7.86. The van der Waals surface area contributed by atoms with Gasteiger partial charge in [0.15, 0.2) is 29.4 Å². The summed E-state index contributed by atoms with van der Waals surface area (Å²) in [6.07, 6.45) is -14.7. The summed E-state index contributed by atoms with van der Waals surface area (Å²) in [6.45, 7) is -2.17. The number of anilines is 6. The number of nitrogen functional groups attached to an aromatic ring is 1. The maximum Gasteiger partial charge on any atom is 0.196 e. The molecule has 0 saturated carbocycles. The van der Waals surface area contributed by atoms with Crippen LogP contribution in [0.1, 0.15) is 78.5 Å². The Bertz CT molecular complexity index is 3510. The van der Waals surface area contributed by atoms with Crippen molar-refractivity contribution >= 4 is 77.5 Å². The molecule has 6 aromatic rings. The van der Waals surface area contributed by atoms with Gasteiger partial charge < -0.3 is 86.6 Å². The van der Waals surface area contributed by atoms with Crippen LogP contribution in [-0.4, -0.2) is 175 Å². The number of ether oxygens (including phenoxy) is 1. The van der Waals surface area contributed by atoms with Crippen LogP contribution in [0.15, 0.2) is 131 Å². The van der Waals surface area contributed by atoms with Crippen molar-refractivity contribution in [3.8, 4) is 0 Å². The van der Waals surface area contributed by atoms with Crippen molar-refractivity contribution in [1.29, 1.82) is 0 Å². The molecule has 9 rings (SSSR count). The number of ketones is 4. The Hall–Kier alpha value is -7.42. The maximum atomic E-state index is 13.6. The third-order valence-corrected chi connectivity index (χ3v) is 14.4. The first-order chi connectivity index (χ1) is 37.3. The van der Waals surface area contributed by atoms with Crippen LogP contribution in [0, 0.1) is 0 Å². The Morgan fingerprint density at radius 2 is 0.914 bits per heavy atom. The van der Waals surface area contributed by atoms with Crippen LogP contribution in [0.4, 0.5) is 34.1 Å². The summed E-state index contributed by atoms with van der Waals surface area (Å²) in [5.41, 5.74) is 5.00. The second-order valence-electron chi connectivity index (χ2n) is 17.8. The van der Waals surface area contributed by atoms with E-state index in [0.29, 0.717) is 11.4 Å². The molecule has 2 aliphatic carbocycles. The van der Waals surface area contributed by atoms with Crippen LogP contribution < -0.4 is 21.7 Å². The number of fused-ring (bicyclic) bond motifs is 4. The minimum absolute atomic E-state index is 0. The predicted molar refractivity (Wildman–Crippen MR) is 288 cm³/mol. The van der Waals surface area contributed by atoms with E-state index in [9.17, 15) is 65.5 Å². The van der Waals surface area contributed by atoms with E-state index in [-0.39, 0.29) is 65.2 Å². The second kappa shape index (κ2) is 26.4. The standard InChI is InChI=1S/C26H26N2O10S.C20H14N2O5S.C6H12O6.2CH4/c29-12-18(31)26(35)25(34)17(30)11-27-22-19(39(36,37)38)10-16(28-13-6-2-1-3-7-13)20-21(22)24(33)15-9-5-4-8-14(15)23(20)32;21-18-15(28(25,26)27)10-14(22-11-6-2-1-3-7-11)16-17(18)20(24)13-9-5-4-8-12(13)19(16)23;7-1-2-3(8)4(9)5(10)6(11)12-2;;/h1-10,17-18,25-31,34-35H,11-12H2,(H,36,37,38);1-10,22H,21H2,(H,25,26,27);2-11H,1H2;2*1H4/p-2. The fourth-order valence-electron chi connectivity index (χ4n) is 8.67. The van der Waals surface area contributed by atoms with Gasteiger partial charge in [0.1, 0.15) is 63.0 Å². The molecule has 0 aromatic heterocycles. The fourth-order valence-corrected chi connectivity index (χ4v) is 9.99. The summed E-state index contributed by atoms with van der Waals surface area (Å²) < 4.78 is 76.8. The van der Waals surface area contributed by atoms with Crippen LogP contribution in [-0.2, 0) is 25.0 Å². The molecule has 0 radical (unpaired) electrons. The molecular formula is C54H58N4O21S2-2. The smallest absolute Gasteiger partial charge is 0.196 e. The summed E-state index contributed by atoms with van der Waals surface area (Å²) in [7, 11) is -10.3. The molecule has 81 heavy (non-hydrogen) atoms. The number of nitrogens with two attached hydrogens (primary N) is 1. The van der Waals surface area contributed by atoms with Gasteiger partial charge in [-0.3, -0.25) is 19.2 Å². The Labute approximate surface area is 463 Å². The SMILES string of the molecule is C.C.Nc1c(S(=O)(=O)[O-])cc(Nc2ccccc2)c2c1C(=O)c1ccccc1C2=O.O=C1c2ccccc2C(=O)c2c(NCC(O)C(O)C(O)C(O)CO)c(S(=O)(=O)[O-])cc(Nc3ccccc3)c21.OCC1OC(O)C(O)C(O)C1O. The molecule has 9 atom stereocenters. The van der Waals surface area contributed by atoms with Crippen molar-refractivity contribution in [3.63, 3.8) is 0 Å². The lowest BCUT2D eigenvalue weighted by molar-refractivity contribution is -0.286. The monoisotopic (exact) mass is 1160 g/mol. The lowest BCUT2D eigenvalue weighted by Crippen LogP contribution is -2.58. The molecule has 6 aromatic carbocycles. The summed E-state index contributed by atoms with van der Waals surface area (Å²) in [4.78, 5) is 51.7. The minimum atomic E-state index is -5.28. The number of carbonyl (C=O) groups excluding carboxylic acids is 4. The fraction of sp³-hybridized carbons (Fsp3) is 0.259.